The van der Waals surface area contributed by atoms with Crippen LogP contribution in [0.2, 0.25) is 0 Å². The number of carbonyl (C=O) groups excluding carboxylic acids is 3. The fourth-order valence-corrected chi connectivity index (χ4v) is 2.52. The lowest BCUT2D eigenvalue weighted by molar-refractivity contribution is -0.141. The van der Waals surface area contributed by atoms with E-state index in [0.717, 1.165) is 17.7 Å². The van der Waals surface area contributed by atoms with Crippen LogP contribution in [0.3, 0.4) is 0 Å². The minimum absolute atomic E-state index is 0.0704. The molecule has 0 unspecified atom stereocenters. The molecule has 0 radical (unpaired) electrons. The molecule has 5 N–H and O–H groups in total. The van der Waals surface area contributed by atoms with Crippen molar-refractivity contribution in [2.75, 3.05) is 12.4 Å². The minimum Gasteiger partial charge on any atom is -0.452 e. The van der Waals surface area contributed by atoms with Crippen LogP contribution in [-0.4, -0.2) is 42.6 Å². The predicted octanol–water partition coefficient (Wildman–Crippen LogP) is 1.24. The number of esters is 1. The van der Waals surface area contributed by atoms with E-state index in [0.29, 0.717) is 5.69 Å². The van der Waals surface area contributed by atoms with Gasteiger partial charge in [0.2, 0.25) is 6.41 Å². The third-order valence-corrected chi connectivity index (χ3v) is 3.75. The molecule has 0 spiro atoms. The molecule has 10 nitrogen and oxygen atoms in total. The van der Waals surface area contributed by atoms with Gasteiger partial charge in [-0.05, 0) is 17.7 Å². The molecule has 0 aromatic heterocycles. The Balaban J connectivity index is 2.29. The first kappa shape index (κ1) is 21.2. The van der Waals surface area contributed by atoms with Crippen LogP contribution < -0.4 is 21.2 Å². The average molecular weight is 399 g/mol. The number of nitrogens with two attached hydrogens (primary N) is 1. The Morgan fingerprint density at radius 2 is 1.93 bits per heavy atom. The van der Waals surface area contributed by atoms with Crippen molar-refractivity contribution >= 4 is 30.1 Å². The highest BCUT2D eigenvalue weighted by Gasteiger charge is 2.33. The van der Waals surface area contributed by atoms with Crippen LogP contribution in [0.25, 0.3) is 0 Å². The molecule has 0 saturated carbocycles. The van der Waals surface area contributed by atoms with Crippen molar-refractivity contribution in [3.05, 3.63) is 60.2 Å². The van der Waals surface area contributed by atoms with Gasteiger partial charge in [-0.1, -0.05) is 36.4 Å². The summed E-state index contributed by atoms with van der Waals surface area (Å²) in [5.41, 5.74) is 8.66. The molecule has 0 aliphatic heterocycles. The average Bonchev–Trinajstić information content (AvgIpc) is 2.70. The van der Waals surface area contributed by atoms with E-state index in [1.165, 1.54) is 12.1 Å². The number of hydrogen-bond donors (Lipinski definition) is 4. The van der Waals surface area contributed by atoms with Gasteiger partial charge in [0, 0.05) is 18.2 Å². The van der Waals surface area contributed by atoms with Crippen LogP contribution in [-0.2, 0) is 20.7 Å². The van der Waals surface area contributed by atoms with Gasteiger partial charge >= 0.3 is 12.1 Å². The lowest BCUT2D eigenvalue weighted by Crippen LogP contribution is -2.54. The van der Waals surface area contributed by atoms with Gasteiger partial charge in [0.25, 0.3) is 0 Å². The molecular formula is C19H21N5O5. The van der Waals surface area contributed by atoms with Gasteiger partial charge in [0.1, 0.15) is 5.75 Å². The molecule has 2 amide bonds. The number of guanidine groups is 1. The third-order valence-electron chi connectivity index (χ3n) is 3.75. The number of anilines is 1. The normalized spacial score (nSPS) is 10.9. The molecule has 0 bridgehead atoms. The molecule has 2 rings (SSSR count). The molecule has 29 heavy (non-hydrogen) atoms. The molecule has 2 aromatic carbocycles. The summed E-state index contributed by atoms with van der Waals surface area (Å²) in [6, 6.07) is 14.0. The third kappa shape index (κ3) is 6.24. The molecule has 10 heteroatoms. The van der Waals surface area contributed by atoms with Crippen LogP contribution >= 0.6 is 0 Å². The van der Waals surface area contributed by atoms with E-state index in [1.54, 1.807) is 36.4 Å². The van der Waals surface area contributed by atoms with Gasteiger partial charge in [-0.2, -0.15) is 0 Å². The smallest absolute Gasteiger partial charge is 0.429 e. The summed E-state index contributed by atoms with van der Waals surface area (Å²) in [5.74, 6) is -0.911. The van der Waals surface area contributed by atoms with Crippen LogP contribution in [0.15, 0.2) is 54.6 Å². The Kier molecular flexibility index (Phi) is 7.54. The fraction of sp³-hybridized carbons (Fsp3) is 0.158. The molecule has 0 saturated heterocycles. The molecule has 1 atom stereocenters. The van der Waals surface area contributed by atoms with Crippen molar-refractivity contribution in [2.45, 2.75) is 12.5 Å². The summed E-state index contributed by atoms with van der Waals surface area (Å²) >= 11 is 0. The lowest BCUT2D eigenvalue weighted by atomic mass is 10.1. The number of ether oxygens (including phenoxy) is 2. The summed E-state index contributed by atoms with van der Waals surface area (Å²) in [5, 5.41) is 10.6. The molecule has 0 aliphatic carbocycles. The summed E-state index contributed by atoms with van der Waals surface area (Å²) in [6.45, 7) is 0. The number of carbonyl (C=O) groups is 3. The van der Waals surface area contributed by atoms with Gasteiger partial charge in [-0.25, -0.2) is 14.6 Å². The maximum Gasteiger partial charge on any atom is 0.429 e. The topological polar surface area (TPSA) is 147 Å². The molecule has 0 heterocycles. The first-order valence-corrected chi connectivity index (χ1v) is 8.48. The predicted molar refractivity (Wildman–Crippen MR) is 105 cm³/mol. The van der Waals surface area contributed by atoms with Crippen molar-refractivity contribution in [3.8, 4) is 5.75 Å². The van der Waals surface area contributed by atoms with Gasteiger partial charge in [-0.3, -0.25) is 15.6 Å². The number of nitrogens with one attached hydrogen (secondary N) is 3. The van der Waals surface area contributed by atoms with E-state index in [9.17, 15) is 14.4 Å². The highest BCUT2D eigenvalue weighted by atomic mass is 16.6. The number of rotatable bonds is 8. The minimum atomic E-state index is -1.19. The maximum atomic E-state index is 12.9. The SMILES string of the molecule is COC(=O)N(NC=O)[C@@H](Cc1ccccc1)C(=O)Oc1cccc(NC(=N)N)c1. The molecule has 0 fully saturated rings. The second-order valence-corrected chi connectivity index (χ2v) is 5.78. The van der Waals surface area contributed by atoms with Crippen molar-refractivity contribution in [2.24, 2.45) is 5.73 Å². The van der Waals surface area contributed by atoms with Gasteiger partial charge in [0.05, 0.1) is 7.11 Å². The summed E-state index contributed by atoms with van der Waals surface area (Å²) < 4.78 is 10.1. The first-order valence-electron chi connectivity index (χ1n) is 8.48. The van der Waals surface area contributed by atoms with Crippen LogP contribution in [0.1, 0.15) is 5.56 Å². The Morgan fingerprint density at radius 1 is 1.21 bits per heavy atom. The standard InChI is InChI=1S/C19H21N5O5/c1-28-19(27)24(22-12-25)16(10-13-6-3-2-4-7-13)17(26)29-15-9-5-8-14(11-15)23-18(20)21/h2-9,11-12,16H,10H2,1H3,(H,22,25)(H4,20,21,23)/t16-/m0/s1. The van der Waals surface area contributed by atoms with Crippen LogP contribution in [0.5, 0.6) is 5.75 Å². The first-order chi connectivity index (χ1) is 13.9. The molecule has 0 aliphatic rings. The number of hydrogen-bond acceptors (Lipinski definition) is 6. The molecule has 152 valence electrons. The highest BCUT2D eigenvalue weighted by Crippen LogP contribution is 2.19. The number of hydrazine groups is 1. The van der Waals surface area contributed by atoms with Crippen molar-refractivity contribution in [1.82, 2.24) is 10.4 Å². The zero-order valence-corrected chi connectivity index (χ0v) is 15.6. The largest absolute Gasteiger partial charge is 0.452 e. The van der Waals surface area contributed by atoms with E-state index in [2.05, 4.69) is 15.5 Å². The lowest BCUT2D eigenvalue weighted by Gasteiger charge is -2.27. The zero-order valence-electron chi connectivity index (χ0n) is 15.6. The highest BCUT2D eigenvalue weighted by molar-refractivity contribution is 5.90. The number of nitrogens with zero attached hydrogens (tertiary/aromatic N) is 1. The number of amides is 2. The summed E-state index contributed by atoms with van der Waals surface area (Å²) in [4.78, 5) is 35.9. The molecule has 2 aromatic rings. The Bertz CT molecular complexity index is 874. The van der Waals surface area contributed by atoms with Crippen LogP contribution in [0, 0.1) is 5.41 Å². The molecular weight excluding hydrogens is 378 g/mol. The van der Waals surface area contributed by atoms with Gasteiger partial charge < -0.3 is 20.5 Å². The summed E-state index contributed by atoms with van der Waals surface area (Å²) in [7, 11) is 1.13. The van der Waals surface area contributed by atoms with E-state index < -0.39 is 18.1 Å². The van der Waals surface area contributed by atoms with E-state index in [4.69, 9.17) is 15.9 Å². The van der Waals surface area contributed by atoms with Crippen molar-refractivity contribution in [1.29, 1.82) is 5.41 Å². The second-order valence-electron chi connectivity index (χ2n) is 5.78. The van der Waals surface area contributed by atoms with E-state index in [1.807, 2.05) is 6.07 Å². The Hall–Kier alpha value is -4.08. The van der Waals surface area contributed by atoms with Crippen molar-refractivity contribution in [3.63, 3.8) is 0 Å². The van der Waals surface area contributed by atoms with Gasteiger partial charge in [0.15, 0.2) is 12.0 Å². The quantitative estimate of drug-likeness (QED) is 0.130. The van der Waals surface area contributed by atoms with E-state index in [-0.39, 0.29) is 24.5 Å². The second kappa shape index (κ2) is 10.3. The van der Waals surface area contributed by atoms with Crippen LogP contribution in [0.4, 0.5) is 10.5 Å². The zero-order chi connectivity index (χ0) is 21.2. The Morgan fingerprint density at radius 3 is 2.55 bits per heavy atom. The maximum absolute atomic E-state index is 12.9. The van der Waals surface area contributed by atoms with Crippen molar-refractivity contribution < 1.29 is 23.9 Å². The number of benzene rings is 2. The summed E-state index contributed by atoms with van der Waals surface area (Å²) in [6.07, 6.45) is -0.595. The fourth-order valence-electron chi connectivity index (χ4n) is 2.52. The van der Waals surface area contributed by atoms with Gasteiger partial charge in [-0.15, -0.1) is 0 Å². The Labute approximate surface area is 167 Å². The van der Waals surface area contributed by atoms with E-state index >= 15 is 0 Å². The monoisotopic (exact) mass is 399 g/mol. The number of methoxy groups -OCH3 is 1.